The highest BCUT2D eigenvalue weighted by Crippen LogP contribution is 2.54. The van der Waals surface area contributed by atoms with Crippen LogP contribution in [0, 0.1) is 0 Å². The van der Waals surface area contributed by atoms with Crippen LogP contribution in [0.4, 0.5) is 17.1 Å². The molecule has 10 aromatic rings. The van der Waals surface area contributed by atoms with Crippen molar-refractivity contribution in [1.82, 2.24) is 0 Å². The summed E-state index contributed by atoms with van der Waals surface area (Å²) in [5, 5.41) is 2.62. The summed E-state index contributed by atoms with van der Waals surface area (Å²) < 4.78 is 9.63. The molecule has 0 radical (unpaired) electrons. The van der Waals surface area contributed by atoms with Crippen LogP contribution in [0.1, 0.15) is 0 Å². The third kappa shape index (κ3) is 5.71. The Bertz CT molecular complexity index is 3080. The number of thiophene rings is 1. The first-order chi connectivity index (χ1) is 28.3. The molecular weight excluding hydrogens is 711 g/mol. The van der Waals surface area contributed by atoms with Crippen molar-refractivity contribution in [2.75, 3.05) is 4.90 Å². The molecule has 0 unspecified atom stereocenters. The highest BCUT2D eigenvalue weighted by Gasteiger charge is 2.28. The Hall–Kier alpha value is -7.20. The molecular formula is C54H35NOS. The normalized spacial score (nSPS) is 11.6. The Labute approximate surface area is 336 Å². The molecule has 0 bridgehead atoms. The minimum absolute atomic E-state index is 0.822. The predicted molar refractivity (Wildman–Crippen MR) is 241 cm³/mol. The highest BCUT2D eigenvalue weighted by atomic mass is 32.1. The van der Waals surface area contributed by atoms with Gasteiger partial charge in [0.15, 0.2) is 0 Å². The molecule has 268 valence electrons. The largest absolute Gasteiger partial charge is 0.456 e. The van der Waals surface area contributed by atoms with Crippen LogP contribution in [-0.2, 0) is 0 Å². The number of rotatable bonds is 6. The molecule has 0 atom stereocenters. The first-order valence-corrected chi connectivity index (χ1v) is 20.2. The molecule has 1 aromatic heterocycles. The van der Waals surface area contributed by atoms with Gasteiger partial charge in [-0.2, -0.15) is 0 Å². The zero-order valence-corrected chi connectivity index (χ0v) is 31.8. The van der Waals surface area contributed by atoms with E-state index in [2.05, 4.69) is 217 Å². The molecule has 1 aliphatic heterocycles. The van der Waals surface area contributed by atoms with Crippen molar-refractivity contribution in [1.29, 1.82) is 0 Å². The van der Waals surface area contributed by atoms with E-state index >= 15 is 0 Å². The maximum absolute atomic E-state index is 7.00. The van der Waals surface area contributed by atoms with Crippen molar-refractivity contribution >= 4 is 48.6 Å². The van der Waals surface area contributed by atoms with E-state index in [1.165, 1.54) is 42.4 Å². The van der Waals surface area contributed by atoms with Gasteiger partial charge in [-0.15, -0.1) is 11.3 Å². The number of benzene rings is 9. The molecule has 11 rings (SSSR count). The molecule has 3 heteroatoms. The van der Waals surface area contributed by atoms with Gasteiger partial charge in [-0.3, -0.25) is 0 Å². The number of hydrogen-bond donors (Lipinski definition) is 0. The molecule has 1 aliphatic rings. The number of anilines is 3. The number of hydrogen-bond acceptors (Lipinski definition) is 3. The van der Waals surface area contributed by atoms with Gasteiger partial charge in [0.1, 0.15) is 11.5 Å². The van der Waals surface area contributed by atoms with Crippen LogP contribution in [0.3, 0.4) is 0 Å². The second-order valence-electron chi connectivity index (χ2n) is 14.4. The van der Waals surface area contributed by atoms with E-state index in [0.29, 0.717) is 0 Å². The lowest BCUT2D eigenvalue weighted by atomic mass is 9.88. The van der Waals surface area contributed by atoms with Crippen LogP contribution in [-0.4, -0.2) is 0 Å². The standard InChI is InChI=1S/C54H35NOS/c1-3-14-36(15-4-1)37-28-32-40(33-29-37)55(41-34-30-39(31-35-41)43-22-11-23-47-44-18-9-10-27-51(44)57-54(43)47)48-24-13-26-50-53(48)46-20-8-7-19-45(46)52-42(21-12-25-49(52)56-50)38-16-5-2-6-17-38/h1-35H. The van der Waals surface area contributed by atoms with Crippen molar-refractivity contribution in [2.24, 2.45) is 0 Å². The average molecular weight is 746 g/mol. The Morgan fingerprint density at radius 1 is 0.333 bits per heavy atom. The fourth-order valence-electron chi connectivity index (χ4n) is 8.48. The van der Waals surface area contributed by atoms with Gasteiger partial charge < -0.3 is 9.64 Å². The summed E-state index contributed by atoms with van der Waals surface area (Å²) in [5.41, 5.74) is 14.7. The first kappa shape index (κ1) is 33.2. The lowest BCUT2D eigenvalue weighted by Gasteiger charge is -2.29. The van der Waals surface area contributed by atoms with E-state index in [1.807, 2.05) is 11.3 Å². The highest BCUT2D eigenvalue weighted by molar-refractivity contribution is 7.26. The molecule has 0 fully saturated rings. The van der Waals surface area contributed by atoms with Gasteiger partial charge in [0, 0.05) is 42.7 Å². The van der Waals surface area contributed by atoms with Gasteiger partial charge in [0.2, 0.25) is 0 Å². The lowest BCUT2D eigenvalue weighted by molar-refractivity contribution is 0.488. The van der Waals surface area contributed by atoms with Crippen LogP contribution in [0.15, 0.2) is 212 Å². The van der Waals surface area contributed by atoms with Crippen LogP contribution < -0.4 is 9.64 Å². The Morgan fingerprint density at radius 3 is 1.56 bits per heavy atom. The van der Waals surface area contributed by atoms with Crippen LogP contribution >= 0.6 is 11.3 Å². The predicted octanol–water partition coefficient (Wildman–Crippen LogP) is 16.0. The van der Waals surface area contributed by atoms with Gasteiger partial charge in [-0.1, -0.05) is 164 Å². The van der Waals surface area contributed by atoms with Crippen molar-refractivity contribution in [2.45, 2.75) is 0 Å². The zero-order valence-electron chi connectivity index (χ0n) is 31.0. The third-order valence-electron chi connectivity index (χ3n) is 11.1. The summed E-state index contributed by atoms with van der Waals surface area (Å²) in [5.74, 6) is 1.67. The Kier molecular flexibility index (Phi) is 8.04. The van der Waals surface area contributed by atoms with E-state index in [9.17, 15) is 0 Å². The van der Waals surface area contributed by atoms with Crippen molar-refractivity contribution in [3.63, 3.8) is 0 Å². The van der Waals surface area contributed by atoms with Gasteiger partial charge in [-0.05, 0) is 93.0 Å². The van der Waals surface area contributed by atoms with E-state index in [0.717, 1.165) is 61.9 Å². The van der Waals surface area contributed by atoms with Crippen molar-refractivity contribution < 1.29 is 4.74 Å². The van der Waals surface area contributed by atoms with Gasteiger partial charge in [0.25, 0.3) is 0 Å². The minimum atomic E-state index is 0.822. The maximum atomic E-state index is 7.00. The van der Waals surface area contributed by atoms with Crippen LogP contribution in [0.5, 0.6) is 11.5 Å². The second-order valence-corrected chi connectivity index (χ2v) is 15.5. The monoisotopic (exact) mass is 745 g/mol. The molecule has 9 aromatic carbocycles. The molecule has 0 amide bonds. The minimum Gasteiger partial charge on any atom is -0.456 e. The third-order valence-corrected chi connectivity index (χ3v) is 12.3. The molecule has 2 heterocycles. The summed E-state index contributed by atoms with van der Waals surface area (Å²) in [6, 6.07) is 76.1. The fourth-order valence-corrected chi connectivity index (χ4v) is 9.72. The Morgan fingerprint density at radius 2 is 0.825 bits per heavy atom. The lowest BCUT2D eigenvalue weighted by Crippen LogP contribution is -2.11. The van der Waals surface area contributed by atoms with E-state index in [1.54, 1.807) is 0 Å². The molecule has 0 spiro atoms. The molecule has 0 saturated carbocycles. The van der Waals surface area contributed by atoms with Gasteiger partial charge in [0.05, 0.1) is 5.69 Å². The first-order valence-electron chi connectivity index (χ1n) is 19.3. The van der Waals surface area contributed by atoms with Crippen LogP contribution in [0.2, 0.25) is 0 Å². The zero-order chi connectivity index (χ0) is 37.7. The molecule has 2 nitrogen and oxygen atoms in total. The summed E-state index contributed by atoms with van der Waals surface area (Å²) in [6.07, 6.45) is 0. The average Bonchev–Trinajstić information content (AvgIpc) is 3.59. The summed E-state index contributed by atoms with van der Waals surface area (Å²) in [4.78, 5) is 2.38. The van der Waals surface area contributed by atoms with Crippen LogP contribution in [0.25, 0.3) is 75.8 Å². The molecule has 0 aliphatic carbocycles. The molecule has 0 saturated heterocycles. The Balaban J connectivity index is 1.09. The number of fused-ring (bicyclic) bond motifs is 8. The summed E-state index contributed by atoms with van der Waals surface area (Å²) >= 11 is 1.87. The van der Waals surface area contributed by atoms with E-state index < -0.39 is 0 Å². The van der Waals surface area contributed by atoms with Crippen molar-refractivity contribution in [3.8, 4) is 67.1 Å². The molecule has 0 N–H and O–H groups in total. The fraction of sp³-hybridized carbons (Fsp3) is 0. The summed E-state index contributed by atoms with van der Waals surface area (Å²) in [6.45, 7) is 0. The van der Waals surface area contributed by atoms with Crippen molar-refractivity contribution in [3.05, 3.63) is 212 Å². The quantitative estimate of drug-likeness (QED) is 0.168. The second kappa shape index (κ2) is 13.8. The van der Waals surface area contributed by atoms with Gasteiger partial charge >= 0.3 is 0 Å². The van der Waals surface area contributed by atoms with E-state index in [4.69, 9.17) is 4.74 Å². The number of nitrogens with zero attached hydrogens (tertiary/aromatic N) is 1. The maximum Gasteiger partial charge on any atom is 0.137 e. The smallest absolute Gasteiger partial charge is 0.137 e. The number of ether oxygens (including phenoxy) is 1. The van der Waals surface area contributed by atoms with E-state index in [-0.39, 0.29) is 0 Å². The molecule has 57 heavy (non-hydrogen) atoms. The SMILES string of the molecule is c1ccc(-c2ccc(N(c3ccc(-c4cccc5c4sc4ccccc45)cc3)c3cccc4c3-c3ccccc3-c3c(cccc3-c3ccccc3)O4)cc2)cc1. The topological polar surface area (TPSA) is 12.5 Å². The summed E-state index contributed by atoms with van der Waals surface area (Å²) in [7, 11) is 0. The van der Waals surface area contributed by atoms with Gasteiger partial charge in [-0.25, -0.2) is 0 Å².